The molecule has 5 rings (SSSR count). The van der Waals surface area contributed by atoms with Gasteiger partial charge in [-0.15, -0.1) is 0 Å². The van der Waals surface area contributed by atoms with Gasteiger partial charge in [0.15, 0.2) is 0 Å². The maximum atomic E-state index is 13.6. The SMILES string of the molecule is CCCC(CCC)n1ccc2ccc(NC(=O)c3cnn(C(C)(C)C)c3-c3ccc(F)cc3)cc21.Cc1ccc(C(=O)O)cc1. The van der Waals surface area contributed by atoms with E-state index in [-0.39, 0.29) is 17.3 Å². The highest BCUT2D eigenvalue weighted by Gasteiger charge is 2.25. The zero-order valence-electron chi connectivity index (χ0n) is 27.0. The van der Waals surface area contributed by atoms with Crippen LogP contribution in [-0.4, -0.2) is 31.3 Å². The van der Waals surface area contributed by atoms with Gasteiger partial charge in [0, 0.05) is 23.5 Å². The van der Waals surface area contributed by atoms with E-state index in [1.165, 1.54) is 12.1 Å². The lowest BCUT2D eigenvalue weighted by Crippen LogP contribution is -2.24. The molecule has 3 aromatic carbocycles. The lowest BCUT2D eigenvalue weighted by atomic mass is 10.0. The predicted molar refractivity (Wildman–Crippen MR) is 179 cm³/mol. The van der Waals surface area contributed by atoms with Crippen LogP contribution < -0.4 is 5.32 Å². The highest BCUT2D eigenvalue weighted by atomic mass is 19.1. The Labute approximate surface area is 264 Å². The smallest absolute Gasteiger partial charge is 0.335 e. The van der Waals surface area contributed by atoms with Crippen LogP contribution in [-0.2, 0) is 5.54 Å². The van der Waals surface area contributed by atoms with Gasteiger partial charge in [0.05, 0.1) is 34.1 Å². The van der Waals surface area contributed by atoms with Crippen LogP contribution >= 0.6 is 0 Å². The number of aromatic nitrogens is 3. The van der Waals surface area contributed by atoms with E-state index >= 15 is 0 Å². The normalized spacial score (nSPS) is 11.4. The van der Waals surface area contributed by atoms with E-state index in [2.05, 4.69) is 53.2 Å². The summed E-state index contributed by atoms with van der Waals surface area (Å²) in [5.41, 5.74) is 4.80. The van der Waals surface area contributed by atoms with Gasteiger partial charge in [-0.2, -0.15) is 5.10 Å². The third kappa shape index (κ3) is 8.06. The number of carboxylic acid groups (broad SMARTS) is 1. The van der Waals surface area contributed by atoms with Crippen LogP contribution in [0.4, 0.5) is 10.1 Å². The molecule has 236 valence electrons. The molecule has 0 aliphatic rings. The van der Waals surface area contributed by atoms with E-state index in [9.17, 15) is 14.0 Å². The van der Waals surface area contributed by atoms with Crippen LogP contribution in [0.1, 0.15) is 92.6 Å². The number of carbonyl (C=O) groups excluding carboxylic acids is 1. The van der Waals surface area contributed by atoms with E-state index < -0.39 is 5.97 Å². The van der Waals surface area contributed by atoms with Gasteiger partial charge in [0.2, 0.25) is 0 Å². The first-order valence-corrected chi connectivity index (χ1v) is 15.5. The van der Waals surface area contributed by atoms with Gasteiger partial charge in [-0.3, -0.25) is 9.48 Å². The van der Waals surface area contributed by atoms with Gasteiger partial charge >= 0.3 is 5.97 Å². The average Bonchev–Trinajstić information content (AvgIpc) is 3.63. The predicted octanol–water partition coefficient (Wildman–Crippen LogP) is 9.49. The molecule has 0 radical (unpaired) electrons. The summed E-state index contributed by atoms with van der Waals surface area (Å²) in [6, 6.07) is 21.6. The highest BCUT2D eigenvalue weighted by molar-refractivity contribution is 6.08. The fourth-order valence-corrected chi connectivity index (χ4v) is 5.44. The Kier molecular flexibility index (Phi) is 10.6. The second-order valence-electron chi connectivity index (χ2n) is 12.3. The van der Waals surface area contributed by atoms with Crippen molar-refractivity contribution in [1.82, 2.24) is 14.3 Å². The number of carbonyl (C=O) groups is 2. The maximum absolute atomic E-state index is 13.6. The van der Waals surface area contributed by atoms with Crippen molar-refractivity contribution in [2.24, 2.45) is 0 Å². The number of nitrogens with one attached hydrogen (secondary N) is 1. The number of rotatable bonds is 9. The molecule has 0 spiro atoms. The molecule has 0 atom stereocenters. The van der Waals surface area contributed by atoms with Crippen molar-refractivity contribution in [3.05, 3.63) is 108 Å². The Morgan fingerprint density at radius 3 is 2.16 bits per heavy atom. The third-order valence-electron chi connectivity index (χ3n) is 7.68. The van der Waals surface area contributed by atoms with Crippen LogP contribution in [0.15, 0.2) is 85.2 Å². The molecule has 2 aromatic heterocycles. The molecule has 7 nitrogen and oxygen atoms in total. The Morgan fingerprint density at radius 2 is 1.58 bits per heavy atom. The quantitative estimate of drug-likeness (QED) is 0.174. The zero-order chi connectivity index (χ0) is 32.7. The number of amides is 1. The zero-order valence-corrected chi connectivity index (χ0v) is 27.0. The summed E-state index contributed by atoms with van der Waals surface area (Å²) in [5.74, 6) is -1.43. The van der Waals surface area contributed by atoms with E-state index in [0.29, 0.717) is 22.9 Å². The molecule has 0 aliphatic carbocycles. The average molecular weight is 611 g/mol. The Balaban J connectivity index is 0.000000392. The van der Waals surface area contributed by atoms with Crippen molar-refractivity contribution in [2.45, 2.75) is 78.8 Å². The molecule has 0 saturated carbocycles. The van der Waals surface area contributed by atoms with E-state index in [4.69, 9.17) is 5.11 Å². The standard InChI is InChI=1S/C29H35FN4O.C8H8O2/c1-6-8-24(9-7-2)33-17-16-20-12-15-23(18-26(20)33)32-28(35)25-19-31-34(29(3,4)5)27(25)21-10-13-22(30)14-11-21;1-6-2-4-7(5-3-6)8(9)10/h10-19,24H,6-9H2,1-5H3,(H,32,35);2-5H,1H3,(H,9,10). The Bertz CT molecular complexity index is 1740. The number of hydrogen-bond donors (Lipinski definition) is 2. The molecule has 0 saturated heterocycles. The summed E-state index contributed by atoms with van der Waals surface area (Å²) in [4.78, 5) is 23.8. The fourth-order valence-electron chi connectivity index (χ4n) is 5.44. The molecule has 0 fully saturated rings. The van der Waals surface area contributed by atoms with E-state index in [1.54, 1.807) is 42.6 Å². The lowest BCUT2D eigenvalue weighted by molar-refractivity contribution is 0.0696. The Hall–Kier alpha value is -4.72. The summed E-state index contributed by atoms with van der Waals surface area (Å²) >= 11 is 0. The topological polar surface area (TPSA) is 89.2 Å². The first-order chi connectivity index (χ1) is 21.4. The van der Waals surface area contributed by atoms with E-state index in [1.807, 2.05) is 38.4 Å². The second-order valence-corrected chi connectivity index (χ2v) is 12.3. The molecule has 8 heteroatoms. The number of aryl methyl sites for hydroxylation is 1. The van der Waals surface area contributed by atoms with Crippen LogP contribution in [0, 0.1) is 12.7 Å². The number of nitrogens with zero attached hydrogens (tertiary/aromatic N) is 3. The minimum Gasteiger partial charge on any atom is -0.478 e. The highest BCUT2D eigenvalue weighted by Crippen LogP contribution is 2.31. The van der Waals surface area contributed by atoms with Crippen molar-refractivity contribution < 1.29 is 19.1 Å². The molecule has 0 unspecified atom stereocenters. The van der Waals surface area contributed by atoms with Gasteiger partial charge < -0.3 is 15.0 Å². The maximum Gasteiger partial charge on any atom is 0.335 e. The molecule has 45 heavy (non-hydrogen) atoms. The summed E-state index contributed by atoms with van der Waals surface area (Å²) in [7, 11) is 0. The first kappa shape index (κ1) is 33.2. The summed E-state index contributed by atoms with van der Waals surface area (Å²) in [5, 5.41) is 17.2. The summed E-state index contributed by atoms with van der Waals surface area (Å²) in [6.45, 7) is 12.4. The minimum atomic E-state index is -0.875. The molecule has 0 bridgehead atoms. The Morgan fingerprint density at radius 1 is 0.933 bits per heavy atom. The number of hydrogen-bond acceptors (Lipinski definition) is 3. The van der Waals surface area contributed by atoms with Crippen molar-refractivity contribution in [3.63, 3.8) is 0 Å². The van der Waals surface area contributed by atoms with Gasteiger partial charge in [-0.1, -0.05) is 50.5 Å². The van der Waals surface area contributed by atoms with Crippen LogP contribution in [0.5, 0.6) is 0 Å². The van der Waals surface area contributed by atoms with Crippen molar-refractivity contribution >= 4 is 28.5 Å². The van der Waals surface area contributed by atoms with Crippen LogP contribution in [0.3, 0.4) is 0 Å². The second kappa shape index (κ2) is 14.4. The van der Waals surface area contributed by atoms with Gasteiger partial charge in [-0.05, 0) is 101 Å². The molecule has 2 N–H and O–H groups in total. The van der Waals surface area contributed by atoms with Crippen molar-refractivity contribution in [2.75, 3.05) is 5.32 Å². The van der Waals surface area contributed by atoms with Crippen molar-refractivity contribution in [3.8, 4) is 11.3 Å². The van der Waals surface area contributed by atoms with Gasteiger partial charge in [0.1, 0.15) is 5.82 Å². The number of halogens is 1. The van der Waals surface area contributed by atoms with Gasteiger partial charge in [0.25, 0.3) is 5.91 Å². The monoisotopic (exact) mass is 610 g/mol. The van der Waals surface area contributed by atoms with Crippen LogP contribution in [0.25, 0.3) is 22.2 Å². The van der Waals surface area contributed by atoms with Gasteiger partial charge in [-0.25, -0.2) is 9.18 Å². The molecular formula is C37H43FN4O3. The number of fused-ring (bicyclic) bond motifs is 1. The summed E-state index contributed by atoms with van der Waals surface area (Å²) in [6.07, 6.45) is 8.27. The largest absolute Gasteiger partial charge is 0.478 e. The molecular weight excluding hydrogens is 567 g/mol. The van der Waals surface area contributed by atoms with Crippen LogP contribution in [0.2, 0.25) is 0 Å². The number of carboxylic acids is 1. The third-order valence-corrected chi connectivity index (χ3v) is 7.68. The molecule has 5 aromatic rings. The lowest BCUT2D eigenvalue weighted by Gasteiger charge is -2.23. The minimum absolute atomic E-state index is 0.240. The van der Waals surface area contributed by atoms with E-state index in [0.717, 1.165) is 53.4 Å². The fraction of sp³-hybridized carbons (Fsp3) is 0.324. The van der Waals surface area contributed by atoms with Crippen molar-refractivity contribution in [1.29, 1.82) is 0 Å². The number of anilines is 1. The molecule has 2 heterocycles. The molecule has 0 aliphatic heterocycles. The number of benzene rings is 3. The first-order valence-electron chi connectivity index (χ1n) is 15.5. The number of aromatic carboxylic acids is 1. The molecule has 1 amide bonds. The summed E-state index contributed by atoms with van der Waals surface area (Å²) < 4.78 is 17.8.